The van der Waals surface area contributed by atoms with Gasteiger partial charge in [-0.2, -0.15) is 0 Å². The molecule has 0 bridgehead atoms. The van der Waals surface area contributed by atoms with E-state index in [1.807, 2.05) is 6.26 Å². The lowest BCUT2D eigenvalue weighted by atomic mass is 10.0. The number of hydrogen-bond donors (Lipinski definition) is 1. The molecule has 7 heteroatoms. The first kappa shape index (κ1) is 18.0. The average Bonchev–Trinajstić information content (AvgIpc) is 2.38. The van der Waals surface area contributed by atoms with Gasteiger partial charge in [0.05, 0.1) is 22.1 Å². The minimum atomic E-state index is -0.630. The van der Waals surface area contributed by atoms with Gasteiger partial charge in [-0.1, -0.05) is 0 Å². The summed E-state index contributed by atoms with van der Waals surface area (Å²) in [5.74, 6) is -0.645. The number of allylic oxidation sites excluding steroid dienone is 1. The van der Waals surface area contributed by atoms with Gasteiger partial charge in [-0.15, -0.1) is 11.8 Å². The molecule has 0 aliphatic carbocycles. The summed E-state index contributed by atoms with van der Waals surface area (Å²) < 4.78 is 26.9. The summed E-state index contributed by atoms with van der Waals surface area (Å²) in [7, 11) is 0. The van der Waals surface area contributed by atoms with E-state index in [1.165, 1.54) is 12.1 Å². The second-order valence-corrected chi connectivity index (χ2v) is 5.90. The minimum absolute atomic E-state index is 0.245. The molecule has 1 aromatic rings. The Bertz CT molecular complexity index is 541. The Kier molecular flexibility index (Phi) is 7.77. The van der Waals surface area contributed by atoms with Gasteiger partial charge in [-0.05, 0) is 53.0 Å². The Morgan fingerprint density at radius 2 is 2.05 bits per heavy atom. The molecule has 2 N–H and O–H groups in total. The molecule has 1 aromatic carbocycles. The Hall–Kier alpha value is -1.05. The zero-order valence-corrected chi connectivity index (χ0v) is 13.9. The zero-order valence-electron chi connectivity index (χ0n) is 11.5. The molecule has 1 unspecified atom stereocenters. The van der Waals surface area contributed by atoms with Crippen molar-refractivity contribution in [1.82, 2.24) is 0 Å². The van der Waals surface area contributed by atoms with Crippen LogP contribution in [-0.2, 0) is 6.42 Å². The van der Waals surface area contributed by atoms with Crippen LogP contribution >= 0.6 is 27.7 Å². The number of benzene rings is 1. The van der Waals surface area contributed by atoms with Crippen LogP contribution in [0.2, 0.25) is 0 Å². The van der Waals surface area contributed by atoms with Gasteiger partial charge in [0.15, 0.2) is 0 Å². The maximum Gasteiger partial charge on any atom is 0.126 e. The number of halogens is 3. The normalized spacial score (nSPS) is 14.1. The summed E-state index contributed by atoms with van der Waals surface area (Å²) in [6.45, 7) is 3.48. The number of aliphatic imine (C=N–C) groups is 2. The van der Waals surface area contributed by atoms with Gasteiger partial charge in [0, 0.05) is 12.3 Å². The smallest absolute Gasteiger partial charge is 0.126 e. The van der Waals surface area contributed by atoms with Crippen LogP contribution in [0.15, 0.2) is 38.4 Å². The summed E-state index contributed by atoms with van der Waals surface area (Å²) in [6, 6.07) is 2.78. The van der Waals surface area contributed by atoms with Crippen molar-refractivity contribution < 1.29 is 8.78 Å². The molecule has 0 saturated heterocycles. The lowest BCUT2D eigenvalue weighted by Gasteiger charge is -2.13. The minimum Gasteiger partial charge on any atom is -0.322 e. The van der Waals surface area contributed by atoms with Crippen molar-refractivity contribution in [2.45, 2.75) is 12.5 Å². The fourth-order valence-electron chi connectivity index (χ4n) is 1.71. The van der Waals surface area contributed by atoms with E-state index in [0.717, 1.165) is 6.07 Å². The maximum atomic E-state index is 13.2. The highest BCUT2D eigenvalue weighted by molar-refractivity contribution is 9.12. The molecule has 3 nitrogen and oxygen atoms in total. The highest BCUT2D eigenvalue weighted by Crippen LogP contribution is 2.18. The van der Waals surface area contributed by atoms with Crippen molar-refractivity contribution in [3.05, 3.63) is 45.6 Å². The molecule has 0 heterocycles. The quantitative estimate of drug-likeness (QED) is 0.741. The largest absolute Gasteiger partial charge is 0.322 e. The van der Waals surface area contributed by atoms with Gasteiger partial charge in [0.2, 0.25) is 0 Å². The van der Waals surface area contributed by atoms with Crippen molar-refractivity contribution in [3.63, 3.8) is 0 Å². The Morgan fingerprint density at radius 3 is 2.57 bits per heavy atom. The van der Waals surface area contributed by atoms with Gasteiger partial charge in [-0.25, -0.2) is 8.78 Å². The van der Waals surface area contributed by atoms with Gasteiger partial charge in [0.25, 0.3) is 0 Å². The number of hydrogen-bond acceptors (Lipinski definition) is 4. The second-order valence-electron chi connectivity index (χ2n) is 4.21. The molecular weight excluding hydrogens is 360 g/mol. The standard InChI is InChI=1S/C14H16BrF2N3S/c1-19-14(12(15)7-20-8-21-2)13(18)5-9-3-10(16)6-11(17)4-9/h3-4,6-7,13H,1,5,8,18H2,2H3/b14-12+,20-7-. The molecule has 21 heavy (non-hydrogen) atoms. The monoisotopic (exact) mass is 375 g/mol. The predicted octanol–water partition coefficient (Wildman–Crippen LogP) is 3.53. The van der Waals surface area contributed by atoms with Crippen molar-refractivity contribution in [3.8, 4) is 0 Å². The van der Waals surface area contributed by atoms with E-state index in [0.29, 0.717) is 21.6 Å². The topological polar surface area (TPSA) is 50.7 Å². The molecule has 114 valence electrons. The van der Waals surface area contributed by atoms with Crippen molar-refractivity contribution >= 4 is 40.6 Å². The Balaban J connectivity index is 2.90. The summed E-state index contributed by atoms with van der Waals surface area (Å²) in [4.78, 5) is 8.03. The van der Waals surface area contributed by atoms with Crippen LogP contribution in [-0.4, -0.2) is 31.1 Å². The van der Waals surface area contributed by atoms with Gasteiger partial charge >= 0.3 is 0 Å². The van der Waals surface area contributed by atoms with Crippen molar-refractivity contribution in [2.75, 3.05) is 12.1 Å². The number of nitrogens with two attached hydrogens (primary N) is 1. The Morgan fingerprint density at radius 1 is 1.43 bits per heavy atom. The molecule has 0 spiro atoms. The fraction of sp³-hybridized carbons (Fsp3) is 0.286. The molecule has 0 aliphatic heterocycles. The molecular formula is C14H16BrF2N3S. The number of nitrogens with zero attached hydrogens (tertiary/aromatic N) is 2. The van der Waals surface area contributed by atoms with Crippen LogP contribution in [0.25, 0.3) is 0 Å². The van der Waals surface area contributed by atoms with Crippen LogP contribution in [0.1, 0.15) is 5.56 Å². The van der Waals surface area contributed by atoms with Gasteiger partial charge in [0.1, 0.15) is 11.6 Å². The summed E-state index contributed by atoms with van der Waals surface area (Å²) >= 11 is 4.91. The summed E-state index contributed by atoms with van der Waals surface area (Å²) in [6.07, 6.45) is 3.78. The highest BCUT2D eigenvalue weighted by atomic mass is 79.9. The fourth-order valence-corrected chi connectivity index (χ4v) is 2.50. The summed E-state index contributed by atoms with van der Waals surface area (Å²) in [5.41, 5.74) is 6.98. The van der Waals surface area contributed by atoms with Gasteiger partial charge < -0.3 is 5.73 Å². The number of rotatable bonds is 7. The lowest BCUT2D eigenvalue weighted by Crippen LogP contribution is -2.25. The van der Waals surface area contributed by atoms with E-state index in [4.69, 9.17) is 5.73 Å². The first-order valence-corrected chi connectivity index (χ1v) is 8.22. The van der Waals surface area contributed by atoms with E-state index in [2.05, 4.69) is 32.6 Å². The number of thioether (sulfide) groups is 1. The highest BCUT2D eigenvalue weighted by Gasteiger charge is 2.13. The van der Waals surface area contributed by atoms with E-state index < -0.39 is 17.7 Å². The van der Waals surface area contributed by atoms with E-state index in [9.17, 15) is 8.78 Å². The molecule has 0 amide bonds. The third kappa shape index (κ3) is 6.07. The lowest BCUT2D eigenvalue weighted by molar-refractivity contribution is 0.577. The van der Waals surface area contributed by atoms with Crippen LogP contribution < -0.4 is 5.73 Å². The molecule has 0 aromatic heterocycles. The van der Waals surface area contributed by atoms with Crippen LogP contribution in [0.3, 0.4) is 0 Å². The van der Waals surface area contributed by atoms with E-state index in [1.54, 1.807) is 18.0 Å². The van der Waals surface area contributed by atoms with Crippen LogP contribution in [0.4, 0.5) is 8.78 Å². The zero-order chi connectivity index (χ0) is 15.8. The van der Waals surface area contributed by atoms with Crippen molar-refractivity contribution in [1.29, 1.82) is 0 Å². The maximum absolute atomic E-state index is 13.2. The molecule has 0 aliphatic rings. The second kappa shape index (κ2) is 9.07. The van der Waals surface area contributed by atoms with Gasteiger partial charge in [-0.3, -0.25) is 9.98 Å². The molecule has 0 saturated carbocycles. The van der Waals surface area contributed by atoms with E-state index in [-0.39, 0.29) is 6.42 Å². The third-order valence-corrected chi connectivity index (χ3v) is 3.57. The van der Waals surface area contributed by atoms with E-state index >= 15 is 0 Å². The summed E-state index contributed by atoms with van der Waals surface area (Å²) in [5, 5.41) is 0. The first-order chi connectivity index (χ1) is 9.97. The SMILES string of the molecule is C=N/C(=C(Br)\C=N/CSC)C(N)Cc1cc(F)cc(F)c1. The Labute approximate surface area is 135 Å². The third-order valence-electron chi connectivity index (χ3n) is 2.55. The molecule has 1 rings (SSSR count). The van der Waals surface area contributed by atoms with Crippen LogP contribution in [0, 0.1) is 11.6 Å². The predicted molar refractivity (Wildman–Crippen MR) is 90.4 cm³/mol. The van der Waals surface area contributed by atoms with Crippen LogP contribution in [0.5, 0.6) is 0 Å². The van der Waals surface area contributed by atoms with Crippen molar-refractivity contribution in [2.24, 2.45) is 15.7 Å². The molecule has 0 radical (unpaired) electrons. The first-order valence-electron chi connectivity index (χ1n) is 6.03. The molecule has 0 fully saturated rings. The average molecular weight is 376 g/mol. The molecule has 1 atom stereocenters.